The average Bonchev–Trinajstić information content (AvgIpc) is 3.25. The lowest BCUT2D eigenvalue weighted by Gasteiger charge is -2.22. The van der Waals surface area contributed by atoms with E-state index < -0.39 is 0 Å². The molecule has 168 valence electrons. The Morgan fingerprint density at radius 3 is 3.06 bits per heavy atom. The quantitative estimate of drug-likeness (QED) is 0.271. The van der Waals surface area contributed by atoms with Gasteiger partial charge in [0.05, 0.1) is 24.5 Å². The summed E-state index contributed by atoms with van der Waals surface area (Å²) in [5, 5.41) is 15.1. The largest absolute Gasteiger partial charge is 0.396 e. The molecule has 1 aliphatic heterocycles. The molecule has 0 aliphatic carbocycles. The summed E-state index contributed by atoms with van der Waals surface area (Å²) in [5.74, 6) is 0.556. The highest BCUT2D eigenvalue weighted by Crippen LogP contribution is 2.23. The second kappa shape index (κ2) is 11.0. The summed E-state index contributed by atoms with van der Waals surface area (Å²) in [6.45, 7) is 2.41. The minimum atomic E-state index is -0.102. The van der Waals surface area contributed by atoms with Crippen LogP contribution in [0.15, 0.2) is 36.7 Å². The van der Waals surface area contributed by atoms with Gasteiger partial charge in [-0.05, 0) is 43.5 Å². The molecular formula is C22H27N7O2S. The zero-order valence-corrected chi connectivity index (χ0v) is 18.5. The van der Waals surface area contributed by atoms with Gasteiger partial charge in [0, 0.05) is 37.3 Å². The molecule has 1 saturated heterocycles. The van der Waals surface area contributed by atoms with Crippen LogP contribution in [0, 0.1) is 5.41 Å². The lowest BCUT2D eigenvalue weighted by atomic mass is 10.2. The standard InChI is InChI=1S/C22H27N7O2S/c23-12-15(13-25-9-11-31-20-5-1-2-10-30-20)17-7-6-16(24)21(29-17)27-14-19-28-18-4-3-8-26-22(18)32-19/h3-4,6-8,12-13,20,23,25H,1-2,5,9-11,14,24H2,(H,27,29)/b15-13+,23-12?. The maximum atomic E-state index is 7.77. The minimum absolute atomic E-state index is 0.102. The van der Waals surface area contributed by atoms with E-state index in [9.17, 15) is 0 Å². The fraction of sp³-hybridized carbons (Fsp3) is 0.364. The molecule has 9 nitrogen and oxygen atoms in total. The van der Waals surface area contributed by atoms with E-state index in [-0.39, 0.29) is 6.29 Å². The lowest BCUT2D eigenvalue weighted by Crippen LogP contribution is -2.25. The molecule has 1 atom stereocenters. The van der Waals surface area contributed by atoms with E-state index in [1.165, 1.54) is 17.6 Å². The van der Waals surface area contributed by atoms with Crippen LogP contribution in [0.5, 0.6) is 0 Å². The smallest absolute Gasteiger partial charge is 0.157 e. The van der Waals surface area contributed by atoms with Crippen molar-refractivity contribution in [2.45, 2.75) is 32.1 Å². The molecule has 32 heavy (non-hydrogen) atoms. The summed E-state index contributed by atoms with van der Waals surface area (Å²) < 4.78 is 11.3. The third kappa shape index (κ3) is 5.78. The Morgan fingerprint density at radius 1 is 1.31 bits per heavy atom. The summed E-state index contributed by atoms with van der Waals surface area (Å²) in [5.41, 5.74) is 8.81. The van der Waals surface area contributed by atoms with Crippen molar-refractivity contribution in [2.75, 3.05) is 30.8 Å². The third-order valence-electron chi connectivity index (χ3n) is 4.94. The highest BCUT2D eigenvalue weighted by molar-refractivity contribution is 7.18. The highest BCUT2D eigenvalue weighted by atomic mass is 32.1. The van der Waals surface area contributed by atoms with Crippen LogP contribution in [-0.4, -0.2) is 47.2 Å². The van der Waals surface area contributed by atoms with E-state index in [1.807, 2.05) is 12.1 Å². The molecule has 4 rings (SSSR count). The summed E-state index contributed by atoms with van der Waals surface area (Å²) in [7, 11) is 0. The number of ether oxygens (including phenoxy) is 2. The predicted octanol–water partition coefficient (Wildman–Crippen LogP) is 3.40. The molecule has 1 unspecified atom stereocenters. The van der Waals surface area contributed by atoms with Crippen molar-refractivity contribution in [1.82, 2.24) is 20.3 Å². The molecule has 3 aromatic heterocycles. The van der Waals surface area contributed by atoms with Crippen LogP contribution in [0.25, 0.3) is 15.9 Å². The van der Waals surface area contributed by atoms with Crippen molar-refractivity contribution >= 4 is 45.0 Å². The fourth-order valence-corrected chi connectivity index (χ4v) is 4.13. The van der Waals surface area contributed by atoms with Gasteiger partial charge in [-0.3, -0.25) is 0 Å². The van der Waals surface area contributed by atoms with Crippen LogP contribution >= 0.6 is 11.3 Å². The molecule has 0 amide bonds. The topological polar surface area (TPSA) is 131 Å². The molecule has 4 heterocycles. The number of nitrogens with zero attached hydrogens (tertiary/aromatic N) is 3. The van der Waals surface area contributed by atoms with Crippen LogP contribution in [0.4, 0.5) is 11.5 Å². The minimum Gasteiger partial charge on any atom is -0.396 e. The first-order chi connectivity index (χ1) is 15.7. The monoisotopic (exact) mass is 453 g/mol. The Bertz CT molecular complexity index is 1050. The van der Waals surface area contributed by atoms with Gasteiger partial charge >= 0.3 is 0 Å². The number of rotatable bonds is 10. The van der Waals surface area contributed by atoms with Gasteiger partial charge < -0.3 is 31.3 Å². The van der Waals surface area contributed by atoms with Crippen LogP contribution in [0.2, 0.25) is 0 Å². The van der Waals surface area contributed by atoms with Crippen molar-refractivity contribution < 1.29 is 9.47 Å². The molecule has 10 heteroatoms. The van der Waals surface area contributed by atoms with Crippen LogP contribution in [-0.2, 0) is 16.0 Å². The summed E-state index contributed by atoms with van der Waals surface area (Å²) in [6.07, 6.45) is 7.88. The number of nitrogens with two attached hydrogens (primary N) is 1. The molecular weight excluding hydrogens is 426 g/mol. The van der Waals surface area contributed by atoms with E-state index in [0.717, 1.165) is 41.2 Å². The van der Waals surface area contributed by atoms with Gasteiger partial charge in [-0.2, -0.15) is 0 Å². The van der Waals surface area contributed by atoms with Crippen molar-refractivity contribution in [1.29, 1.82) is 5.41 Å². The first-order valence-electron chi connectivity index (χ1n) is 10.6. The van der Waals surface area contributed by atoms with Gasteiger partial charge in [-0.1, -0.05) is 11.3 Å². The second-order valence-electron chi connectivity index (χ2n) is 7.29. The molecule has 1 fully saturated rings. The number of hydrogen-bond acceptors (Lipinski definition) is 10. The van der Waals surface area contributed by atoms with Gasteiger partial charge in [-0.25, -0.2) is 15.0 Å². The summed E-state index contributed by atoms with van der Waals surface area (Å²) >= 11 is 1.53. The number of allylic oxidation sites excluding steroid dienone is 1. The maximum absolute atomic E-state index is 7.77. The number of pyridine rings is 2. The number of aromatic nitrogens is 3. The average molecular weight is 454 g/mol. The second-order valence-corrected chi connectivity index (χ2v) is 8.35. The Labute approximate surface area is 190 Å². The van der Waals surface area contributed by atoms with E-state index >= 15 is 0 Å². The van der Waals surface area contributed by atoms with Gasteiger partial charge in [0.2, 0.25) is 0 Å². The maximum Gasteiger partial charge on any atom is 0.157 e. The first kappa shape index (κ1) is 22.1. The molecule has 3 aromatic rings. The first-order valence-corrected chi connectivity index (χ1v) is 11.4. The molecule has 0 radical (unpaired) electrons. The third-order valence-corrected chi connectivity index (χ3v) is 5.92. The van der Waals surface area contributed by atoms with Gasteiger partial charge in [0.15, 0.2) is 6.29 Å². The van der Waals surface area contributed by atoms with Crippen molar-refractivity contribution in [3.8, 4) is 0 Å². The predicted molar refractivity (Wildman–Crippen MR) is 128 cm³/mol. The molecule has 0 saturated carbocycles. The van der Waals surface area contributed by atoms with E-state index in [1.54, 1.807) is 24.5 Å². The number of nitrogens with one attached hydrogen (secondary N) is 3. The van der Waals surface area contributed by atoms with Crippen LogP contribution in [0.1, 0.15) is 30.0 Å². The van der Waals surface area contributed by atoms with E-state index in [2.05, 4.69) is 25.6 Å². The number of anilines is 2. The fourth-order valence-electron chi connectivity index (χ4n) is 3.29. The zero-order valence-electron chi connectivity index (χ0n) is 17.7. The number of hydrogen-bond donors (Lipinski definition) is 4. The Hall–Kier alpha value is -3.08. The Morgan fingerprint density at radius 2 is 2.25 bits per heavy atom. The molecule has 0 spiro atoms. The van der Waals surface area contributed by atoms with Crippen molar-refractivity contribution in [3.63, 3.8) is 0 Å². The van der Waals surface area contributed by atoms with Crippen LogP contribution in [0.3, 0.4) is 0 Å². The number of nitrogen functional groups attached to an aromatic ring is 1. The summed E-state index contributed by atoms with van der Waals surface area (Å²) in [6, 6.07) is 7.40. The Balaban J connectivity index is 1.34. The molecule has 5 N–H and O–H groups in total. The highest BCUT2D eigenvalue weighted by Gasteiger charge is 2.13. The van der Waals surface area contributed by atoms with Crippen molar-refractivity contribution in [3.05, 3.63) is 47.4 Å². The summed E-state index contributed by atoms with van der Waals surface area (Å²) in [4.78, 5) is 14.4. The van der Waals surface area contributed by atoms with Gasteiger partial charge in [0.1, 0.15) is 21.2 Å². The Kier molecular flexibility index (Phi) is 7.59. The zero-order chi connectivity index (χ0) is 22.2. The van der Waals surface area contributed by atoms with Gasteiger partial charge in [0.25, 0.3) is 0 Å². The molecule has 0 aromatic carbocycles. The SMILES string of the molecule is N=C/C(=C\NCCOC1CCCCO1)c1ccc(N)c(NCc2nc3cccnc3s2)n1. The van der Waals surface area contributed by atoms with E-state index in [0.29, 0.717) is 42.5 Å². The number of thiazole rings is 1. The van der Waals surface area contributed by atoms with Crippen LogP contribution < -0.4 is 16.4 Å². The van der Waals surface area contributed by atoms with Gasteiger partial charge in [-0.15, -0.1) is 0 Å². The number of fused-ring (bicyclic) bond motifs is 1. The normalized spacial score (nSPS) is 16.8. The van der Waals surface area contributed by atoms with E-state index in [4.69, 9.17) is 20.6 Å². The molecule has 1 aliphatic rings. The van der Waals surface area contributed by atoms with Crippen molar-refractivity contribution in [2.24, 2.45) is 0 Å². The molecule has 0 bridgehead atoms. The lowest BCUT2D eigenvalue weighted by molar-refractivity contribution is -0.161.